The van der Waals surface area contributed by atoms with E-state index in [-0.39, 0.29) is 21.2 Å². The zero-order valence-electron chi connectivity index (χ0n) is 5.73. The first-order valence-corrected chi connectivity index (χ1v) is 4.66. The monoisotopic (exact) mass is 270 g/mol. The van der Waals surface area contributed by atoms with Gasteiger partial charge in [-0.2, -0.15) is 0 Å². The fourth-order valence-electron chi connectivity index (χ4n) is 0.392. The Morgan fingerprint density at radius 1 is 1.00 bits per heavy atom. The predicted octanol–water partition coefficient (Wildman–Crippen LogP) is 1.69. The molecule has 2 nitrogen and oxygen atoms in total. The third-order valence-electron chi connectivity index (χ3n) is 0.965. The van der Waals surface area contributed by atoms with Gasteiger partial charge >= 0.3 is 0 Å². The molecule has 0 rings (SSSR count). The summed E-state index contributed by atoms with van der Waals surface area (Å²) in [6.45, 7) is 3.27. The van der Waals surface area contributed by atoms with Crippen LogP contribution in [0.1, 0.15) is 13.8 Å². The van der Waals surface area contributed by atoms with Gasteiger partial charge in [-0.3, -0.25) is 9.59 Å². The fraction of sp³-hybridized carbons (Fsp3) is 0.667. The Morgan fingerprint density at radius 2 is 1.20 bits per heavy atom. The summed E-state index contributed by atoms with van der Waals surface area (Å²) in [7, 11) is 0. The van der Waals surface area contributed by atoms with E-state index in [4.69, 9.17) is 0 Å². The van der Waals surface area contributed by atoms with Gasteiger partial charge in [-0.1, -0.05) is 31.9 Å². The van der Waals surface area contributed by atoms with E-state index in [1.807, 2.05) is 0 Å². The highest BCUT2D eigenvalue weighted by atomic mass is 79.9. The van der Waals surface area contributed by atoms with Crippen molar-refractivity contribution >= 4 is 43.4 Å². The Labute approximate surface area is 76.6 Å². The molecule has 0 unspecified atom stereocenters. The number of rotatable bonds is 3. The zero-order chi connectivity index (χ0) is 8.31. The van der Waals surface area contributed by atoms with Gasteiger partial charge in [0.2, 0.25) is 11.6 Å². The minimum atomic E-state index is -0.385. The second-order valence-electron chi connectivity index (χ2n) is 1.96. The molecule has 10 heavy (non-hydrogen) atoms. The first-order valence-electron chi connectivity index (χ1n) is 2.83. The molecule has 0 fully saturated rings. The van der Waals surface area contributed by atoms with Gasteiger partial charge in [0.25, 0.3) is 0 Å². The van der Waals surface area contributed by atoms with Gasteiger partial charge in [0, 0.05) is 0 Å². The van der Waals surface area contributed by atoms with Crippen LogP contribution in [0.3, 0.4) is 0 Å². The molecule has 0 saturated heterocycles. The molecule has 4 heteroatoms. The molecule has 0 aromatic rings. The lowest BCUT2D eigenvalue weighted by atomic mass is 10.2. The molecule has 0 saturated carbocycles. The highest BCUT2D eigenvalue weighted by Crippen LogP contribution is 2.06. The van der Waals surface area contributed by atoms with Crippen LogP contribution in [0.15, 0.2) is 0 Å². The number of Topliss-reactive ketones (excluding diaryl/α,β-unsaturated/α-hetero) is 2. The molecule has 0 aliphatic carbocycles. The number of halogens is 2. The summed E-state index contributed by atoms with van der Waals surface area (Å²) < 4.78 is 0. The summed E-state index contributed by atoms with van der Waals surface area (Å²) >= 11 is 6.03. The van der Waals surface area contributed by atoms with E-state index in [1.165, 1.54) is 0 Å². The number of ketones is 2. The van der Waals surface area contributed by atoms with Gasteiger partial charge in [-0.15, -0.1) is 0 Å². The molecule has 58 valence electrons. The van der Waals surface area contributed by atoms with Crippen LogP contribution in [-0.2, 0) is 9.59 Å². The molecule has 0 aliphatic heterocycles. The minimum absolute atomic E-state index is 0.375. The second-order valence-corrected chi connectivity index (χ2v) is 4.71. The lowest BCUT2D eigenvalue weighted by Gasteiger charge is -2.01. The normalized spacial score (nSPS) is 16.0. The van der Waals surface area contributed by atoms with Crippen molar-refractivity contribution in [3.8, 4) is 0 Å². The lowest BCUT2D eigenvalue weighted by molar-refractivity contribution is -0.135. The van der Waals surface area contributed by atoms with Gasteiger partial charge in [0.1, 0.15) is 0 Å². The topological polar surface area (TPSA) is 34.1 Å². The van der Waals surface area contributed by atoms with Crippen LogP contribution >= 0.6 is 31.9 Å². The van der Waals surface area contributed by atoms with E-state index >= 15 is 0 Å². The maximum Gasteiger partial charge on any atom is 0.212 e. The number of carbonyl (C=O) groups is 2. The maximum absolute atomic E-state index is 10.9. The molecule has 0 aromatic carbocycles. The molecule has 0 N–H and O–H groups in total. The van der Waals surface area contributed by atoms with Crippen molar-refractivity contribution in [3.05, 3.63) is 0 Å². The average Bonchev–Trinajstić information content (AvgIpc) is 1.84. The smallest absolute Gasteiger partial charge is 0.212 e. The van der Waals surface area contributed by atoms with Crippen molar-refractivity contribution in [2.24, 2.45) is 0 Å². The van der Waals surface area contributed by atoms with E-state index in [1.54, 1.807) is 13.8 Å². The molecule has 2 atom stereocenters. The Morgan fingerprint density at radius 3 is 1.30 bits per heavy atom. The van der Waals surface area contributed by atoms with E-state index in [9.17, 15) is 9.59 Å². The minimum Gasteiger partial charge on any atom is -0.290 e. The van der Waals surface area contributed by atoms with E-state index < -0.39 is 0 Å². The summed E-state index contributed by atoms with van der Waals surface area (Å²) in [4.78, 5) is 21.0. The Bertz CT molecular complexity index is 134. The van der Waals surface area contributed by atoms with Crippen molar-refractivity contribution in [2.45, 2.75) is 23.5 Å². The van der Waals surface area contributed by atoms with E-state index in [0.29, 0.717) is 0 Å². The fourth-order valence-corrected chi connectivity index (χ4v) is 0.843. The summed E-state index contributed by atoms with van der Waals surface area (Å²) in [5.41, 5.74) is 0. The quantitative estimate of drug-likeness (QED) is 0.578. The Balaban J connectivity index is 4.10. The first-order chi connectivity index (χ1) is 4.46. The SMILES string of the molecule is C[C@H](Br)C(=O)C(=O)[C@H](C)Br. The van der Waals surface area contributed by atoms with Crippen LogP contribution in [0.25, 0.3) is 0 Å². The van der Waals surface area contributed by atoms with E-state index in [2.05, 4.69) is 31.9 Å². The van der Waals surface area contributed by atoms with Gasteiger partial charge in [0.15, 0.2) is 0 Å². The summed E-state index contributed by atoms with van der Waals surface area (Å²) in [6.07, 6.45) is 0. The van der Waals surface area contributed by atoms with Crippen LogP contribution in [-0.4, -0.2) is 21.2 Å². The summed E-state index contributed by atoms with van der Waals surface area (Å²) in [5.74, 6) is -0.770. The number of alkyl halides is 2. The van der Waals surface area contributed by atoms with Gasteiger partial charge in [0.05, 0.1) is 9.65 Å². The van der Waals surface area contributed by atoms with Gasteiger partial charge in [-0.05, 0) is 13.8 Å². The standard InChI is InChI=1S/C6H8Br2O2/c1-3(7)5(9)6(10)4(2)8/h3-4H,1-2H3/t3-,4-/m0/s1. The van der Waals surface area contributed by atoms with Crippen molar-refractivity contribution in [1.82, 2.24) is 0 Å². The van der Waals surface area contributed by atoms with E-state index in [0.717, 1.165) is 0 Å². The number of hydrogen-bond donors (Lipinski definition) is 0. The molecule has 0 amide bonds. The van der Waals surface area contributed by atoms with Crippen LogP contribution in [0.4, 0.5) is 0 Å². The number of hydrogen-bond acceptors (Lipinski definition) is 2. The molecule has 0 heterocycles. The van der Waals surface area contributed by atoms with Crippen LogP contribution in [0.5, 0.6) is 0 Å². The van der Waals surface area contributed by atoms with Crippen molar-refractivity contribution in [2.75, 3.05) is 0 Å². The molecule has 0 spiro atoms. The second kappa shape index (κ2) is 4.23. The average molecular weight is 272 g/mol. The highest BCUT2D eigenvalue weighted by molar-refractivity contribution is 9.10. The molecular weight excluding hydrogens is 264 g/mol. The zero-order valence-corrected chi connectivity index (χ0v) is 8.90. The molecular formula is C6H8Br2O2. The molecule has 0 aliphatic rings. The first kappa shape index (κ1) is 10.3. The van der Waals surface area contributed by atoms with Crippen molar-refractivity contribution in [3.63, 3.8) is 0 Å². The van der Waals surface area contributed by atoms with Crippen LogP contribution < -0.4 is 0 Å². The Kier molecular flexibility index (Phi) is 4.36. The molecule has 0 radical (unpaired) electrons. The van der Waals surface area contributed by atoms with Crippen molar-refractivity contribution in [1.29, 1.82) is 0 Å². The van der Waals surface area contributed by atoms with Crippen LogP contribution in [0, 0.1) is 0 Å². The third kappa shape index (κ3) is 2.92. The predicted molar refractivity (Wildman–Crippen MR) is 46.8 cm³/mol. The Hall–Kier alpha value is 0.300. The number of carbonyl (C=O) groups excluding carboxylic acids is 2. The maximum atomic E-state index is 10.9. The van der Waals surface area contributed by atoms with Gasteiger partial charge in [-0.25, -0.2) is 0 Å². The van der Waals surface area contributed by atoms with Crippen molar-refractivity contribution < 1.29 is 9.59 Å². The lowest BCUT2D eigenvalue weighted by Crippen LogP contribution is -2.27. The third-order valence-corrected chi connectivity index (χ3v) is 1.80. The molecule has 0 bridgehead atoms. The molecule has 0 aromatic heterocycles. The summed E-state index contributed by atoms with van der Waals surface area (Å²) in [6, 6.07) is 0. The largest absolute Gasteiger partial charge is 0.290 e. The van der Waals surface area contributed by atoms with Crippen LogP contribution in [0.2, 0.25) is 0 Å². The summed E-state index contributed by atoms with van der Waals surface area (Å²) in [5, 5.41) is 0. The highest BCUT2D eigenvalue weighted by Gasteiger charge is 2.22. The van der Waals surface area contributed by atoms with Gasteiger partial charge < -0.3 is 0 Å².